The third-order valence-electron chi connectivity index (χ3n) is 23.5. The highest BCUT2D eigenvalue weighted by Gasteiger charge is 2.48. The zero-order valence-electron chi connectivity index (χ0n) is 61.0. The van der Waals surface area contributed by atoms with Crippen molar-refractivity contribution in [3.63, 3.8) is 0 Å². The molecule has 4 aliphatic rings. The Morgan fingerprint density at radius 2 is 0.429 bits per heavy atom. The van der Waals surface area contributed by atoms with E-state index in [1.54, 1.807) is 0 Å². The van der Waals surface area contributed by atoms with Crippen LogP contribution in [-0.2, 0) is 0 Å². The van der Waals surface area contributed by atoms with Crippen LogP contribution in [0, 0.1) is 0 Å². The maximum Gasteiger partial charge on any atom is 0.0702 e. The number of hydrogen-bond acceptors (Lipinski definition) is 6. The average Bonchev–Trinajstić information content (AvgIpc) is 1.10. The SMILES string of the molecule is c1ccc(N(c2ccccc2)c2cc3c4c(c2)N(c2ccccc2-n2c5ccccc5c5ccccc52)c2ccccc2C4c2cc4c(cc2N3c2ccccc2)N(c2ccccc2)c2cc(N(c3ccccc3)c3ccccc3)cc3c2C4c2ccccc2N3c2ccccc2-n2c3ccccc3c3ccccc32)cc1. The van der Waals surface area contributed by atoms with Gasteiger partial charge >= 0.3 is 0 Å². The van der Waals surface area contributed by atoms with Crippen LogP contribution in [-0.4, -0.2) is 9.13 Å². The first-order valence-electron chi connectivity index (χ1n) is 38.6. The molecular formula is C104H70N8. The Labute approximate surface area is 649 Å². The molecule has 0 N–H and O–H groups in total. The molecule has 17 aromatic carbocycles. The second-order valence-electron chi connectivity index (χ2n) is 29.5. The van der Waals surface area contributed by atoms with E-state index in [4.69, 9.17) is 0 Å². The first kappa shape index (κ1) is 63.3. The lowest BCUT2D eigenvalue weighted by Crippen LogP contribution is -2.32. The lowest BCUT2D eigenvalue weighted by molar-refractivity contribution is 0.874. The molecule has 526 valence electrons. The summed E-state index contributed by atoms with van der Waals surface area (Å²) in [5, 5.41) is 4.86. The van der Waals surface area contributed by atoms with Gasteiger partial charge in [-0.05, 0) is 192 Å². The molecule has 23 rings (SSSR count). The molecule has 19 aromatic rings. The lowest BCUT2D eigenvalue weighted by Gasteiger charge is -2.49. The van der Waals surface area contributed by atoms with Crippen LogP contribution < -0.4 is 29.4 Å². The Morgan fingerprint density at radius 1 is 0.170 bits per heavy atom. The van der Waals surface area contributed by atoms with Crippen LogP contribution in [0.1, 0.15) is 45.2 Å². The fourth-order valence-electron chi connectivity index (χ4n) is 19.1. The van der Waals surface area contributed by atoms with E-state index in [2.05, 4.69) is 451 Å². The van der Waals surface area contributed by atoms with Crippen molar-refractivity contribution in [2.75, 3.05) is 29.4 Å². The van der Waals surface area contributed by atoms with Gasteiger partial charge in [-0.2, -0.15) is 0 Å². The van der Waals surface area contributed by atoms with Crippen molar-refractivity contribution >= 4 is 146 Å². The van der Waals surface area contributed by atoms with E-state index in [1.165, 1.54) is 54.9 Å². The van der Waals surface area contributed by atoms with Gasteiger partial charge in [-0.1, -0.05) is 243 Å². The minimum Gasteiger partial charge on any atom is -0.310 e. The molecule has 0 amide bonds. The second-order valence-corrected chi connectivity index (χ2v) is 29.5. The topological polar surface area (TPSA) is 29.3 Å². The summed E-state index contributed by atoms with van der Waals surface area (Å²) in [6, 6.07) is 153. The average molecular weight is 1430 g/mol. The van der Waals surface area contributed by atoms with Crippen molar-refractivity contribution < 1.29 is 0 Å². The smallest absolute Gasteiger partial charge is 0.0702 e. The quantitative estimate of drug-likeness (QED) is 0.121. The van der Waals surface area contributed by atoms with Gasteiger partial charge in [0.15, 0.2) is 0 Å². The molecule has 4 aliphatic heterocycles. The van der Waals surface area contributed by atoms with E-state index in [1.807, 2.05) is 0 Å². The van der Waals surface area contributed by atoms with Crippen molar-refractivity contribution in [1.82, 2.24) is 9.13 Å². The number of rotatable bonds is 12. The molecule has 0 bridgehead atoms. The first-order chi connectivity index (χ1) is 55.7. The lowest BCUT2D eigenvalue weighted by atomic mass is 9.71. The van der Waals surface area contributed by atoms with Gasteiger partial charge in [-0.3, -0.25) is 0 Å². The summed E-state index contributed by atoms with van der Waals surface area (Å²) in [5.41, 5.74) is 33.4. The summed E-state index contributed by atoms with van der Waals surface area (Å²) < 4.78 is 4.98. The van der Waals surface area contributed by atoms with E-state index in [0.29, 0.717) is 0 Å². The largest absolute Gasteiger partial charge is 0.310 e. The molecule has 0 spiro atoms. The highest BCUT2D eigenvalue weighted by Crippen LogP contribution is 2.68. The number of nitrogens with zero attached hydrogens (tertiary/aromatic N) is 8. The summed E-state index contributed by atoms with van der Waals surface area (Å²) in [5.74, 6) is -0.526. The molecule has 0 aliphatic carbocycles. The number of benzene rings is 17. The van der Waals surface area contributed by atoms with Gasteiger partial charge in [-0.15, -0.1) is 0 Å². The van der Waals surface area contributed by atoms with Crippen LogP contribution in [0.2, 0.25) is 0 Å². The Bertz CT molecular complexity index is 6340. The van der Waals surface area contributed by atoms with E-state index in [-0.39, 0.29) is 11.8 Å². The Morgan fingerprint density at radius 3 is 0.759 bits per heavy atom. The Hall–Kier alpha value is -14.9. The predicted molar refractivity (Wildman–Crippen MR) is 465 cm³/mol. The van der Waals surface area contributed by atoms with Crippen molar-refractivity contribution in [1.29, 1.82) is 0 Å². The van der Waals surface area contributed by atoms with Gasteiger partial charge < -0.3 is 38.5 Å². The molecule has 2 aromatic heterocycles. The van der Waals surface area contributed by atoms with Crippen molar-refractivity contribution in [3.8, 4) is 11.4 Å². The predicted octanol–water partition coefficient (Wildman–Crippen LogP) is 28.3. The van der Waals surface area contributed by atoms with E-state index >= 15 is 0 Å². The molecule has 0 fully saturated rings. The van der Waals surface area contributed by atoms with Crippen LogP contribution in [0.3, 0.4) is 0 Å². The maximum atomic E-state index is 2.66. The molecule has 112 heavy (non-hydrogen) atoms. The zero-order chi connectivity index (χ0) is 73.5. The number of para-hydroxylation sites is 16. The van der Waals surface area contributed by atoms with Crippen LogP contribution in [0.15, 0.2) is 413 Å². The summed E-state index contributed by atoms with van der Waals surface area (Å²) in [6.45, 7) is 0. The van der Waals surface area contributed by atoms with E-state index in [0.717, 1.165) is 136 Å². The molecule has 2 unspecified atom stereocenters. The highest BCUT2D eigenvalue weighted by molar-refractivity contribution is 6.13. The number of aromatic nitrogens is 2. The van der Waals surface area contributed by atoms with Crippen molar-refractivity contribution in [2.45, 2.75) is 11.8 Å². The fraction of sp³-hybridized carbons (Fsp3) is 0.0192. The van der Waals surface area contributed by atoms with Crippen molar-refractivity contribution in [2.24, 2.45) is 0 Å². The van der Waals surface area contributed by atoms with Crippen LogP contribution in [0.4, 0.5) is 102 Å². The van der Waals surface area contributed by atoms with Crippen molar-refractivity contribution in [3.05, 3.63) is 446 Å². The standard InChI is InChI=1S/C104H70N8/c1-7-35-69(36-8-1)105(70-37-9-2-10-38-70)75-63-97-103-99(65-75)111(93-61-33-31-59-91(93)109-85-53-25-19-47-77(85)78-48-20-26-54-86(78)109)89-57-29-23-51-81(89)101(103)83-67-84-96(68-95(83)107(97)73-43-15-5-16-44-73)108(74-45-17-6-18-46-74)98-64-76(106(71-39-11-3-12-40-71)72-41-13-4-14-42-72)66-100-104(98)102(84)82-52-24-30-58-90(82)112(100)94-62-34-32-60-92(94)110-87-55-27-21-49-79(87)80-50-22-28-56-88(80)110/h1-68,101-102H. The summed E-state index contributed by atoms with van der Waals surface area (Å²) in [4.78, 5) is 15.3. The molecular weight excluding hydrogens is 1360 g/mol. The molecule has 0 saturated carbocycles. The molecule has 8 nitrogen and oxygen atoms in total. The molecule has 8 heteroatoms. The number of fused-ring (bicyclic) bond motifs is 14. The van der Waals surface area contributed by atoms with Gasteiger partial charge in [0.05, 0.1) is 102 Å². The molecule has 6 heterocycles. The van der Waals surface area contributed by atoms with E-state index < -0.39 is 0 Å². The van der Waals surface area contributed by atoms with Gasteiger partial charge in [-0.25, -0.2) is 0 Å². The van der Waals surface area contributed by atoms with Gasteiger partial charge in [0, 0.05) is 78.6 Å². The molecule has 0 radical (unpaired) electrons. The number of hydrogen-bond donors (Lipinski definition) is 0. The van der Waals surface area contributed by atoms with Gasteiger partial charge in [0.2, 0.25) is 0 Å². The zero-order valence-corrected chi connectivity index (χ0v) is 61.0. The molecule has 2 atom stereocenters. The van der Waals surface area contributed by atoms with Crippen LogP contribution in [0.25, 0.3) is 55.0 Å². The summed E-state index contributed by atoms with van der Waals surface area (Å²) >= 11 is 0. The second kappa shape index (κ2) is 25.4. The third kappa shape index (κ3) is 9.55. The summed E-state index contributed by atoms with van der Waals surface area (Å²) in [6.07, 6.45) is 0. The molecule has 0 saturated heterocycles. The maximum absolute atomic E-state index is 2.66. The van der Waals surface area contributed by atoms with E-state index in [9.17, 15) is 0 Å². The van der Waals surface area contributed by atoms with Crippen LogP contribution >= 0.6 is 0 Å². The first-order valence-corrected chi connectivity index (χ1v) is 38.6. The Kier molecular flexibility index (Phi) is 14.3. The van der Waals surface area contributed by atoms with Crippen LogP contribution in [0.5, 0.6) is 0 Å². The minimum atomic E-state index is -0.263. The van der Waals surface area contributed by atoms with Gasteiger partial charge in [0.25, 0.3) is 0 Å². The monoisotopic (exact) mass is 1430 g/mol. The third-order valence-corrected chi connectivity index (χ3v) is 23.5. The Balaban J connectivity index is 0.833. The van der Waals surface area contributed by atoms with Gasteiger partial charge in [0.1, 0.15) is 0 Å². The highest BCUT2D eigenvalue weighted by atomic mass is 15.3. The summed E-state index contributed by atoms with van der Waals surface area (Å²) in [7, 11) is 0. The number of anilines is 18. The fourth-order valence-corrected chi connectivity index (χ4v) is 19.1. The minimum absolute atomic E-state index is 0.263. The normalized spacial score (nSPS) is 14.2.